The Bertz CT molecular complexity index is 1170. The van der Waals surface area contributed by atoms with Crippen LogP contribution in [0.3, 0.4) is 0 Å². The standard InChI is InChI=1S/C18H12F6N2O3S/c1-30(27,28)16-7-4-11(8-13(16)19)26-15(9-14(25-26)17(20)21)10-2-5-12(6-3-10)29-18(22,23)24/h2-9,17H,1H3. The van der Waals surface area contributed by atoms with Gasteiger partial charge in [0.2, 0.25) is 0 Å². The molecule has 160 valence electrons. The van der Waals surface area contributed by atoms with Gasteiger partial charge < -0.3 is 4.74 Å². The van der Waals surface area contributed by atoms with Crippen LogP contribution in [0.2, 0.25) is 0 Å². The molecule has 0 saturated carbocycles. The van der Waals surface area contributed by atoms with Crippen LogP contribution in [0.1, 0.15) is 12.1 Å². The van der Waals surface area contributed by atoms with E-state index in [4.69, 9.17) is 0 Å². The summed E-state index contributed by atoms with van der Waals surface area (Å²) in [6, 6.07) is 8.28. The van der Waals surface area contributed by atoms with Crippen LogP contribution >= 0.6 is 0 Å². The summed E-state index contributed by atoms with van der Waals surface area (Å²) in [7, 11) is -3.85. The van der Waals surface area contributed by atoms with Crippen LogP contribution in [0.5, 0.6) is 5.75 Å². The van der Waals surface area contributed by atoms with E-state index in [2.05, 4.69) is 9.84 Å². The van der Waals surface area contributed by atoms with Crippen LogP contribution in [-0.2, 0) is 9.84 Å². The third-order valence-corrected chi connectivity index (χ3v) is 5.03. The van der Waals surface area contributed by atoms with Gasteiger partial charge in [-0.1, -0.05) is 0 Å². The molecule has 0 fully saturated rings. The van der Waals surface area contributed by atoms with E-state index in [1.807, 2.05) is 0 Å². The number of hydrogen-bond donors (Lipinski definition) is 0. The van der Waals surface area contributed by atoms with Crippen molar-refractivity contribution >= 4 is 9.84 Å². The summed E-state index contributed by atoms with van der Waals surface area (Å²) in [6.07, 6.45) is -7.06. The van der Waals surface area contributed by atoms with E-state index >= 15 is 0 Å². The van der Waals surface area contributed by atoms with Crippen molar-refractivity contribution < 1.29 is 39.5 Å². The molecule has 1 aromatic heterocycles. The molecular weight excluding hydrogens is 438 g/mol. The average Bonchev–Trinajstić information content (AvgIpc) is 3.05. The molecule has 5 nitrogen and oxygen atoms in total. The zero-order chi connectivity index (χ0) is 22.3. The largest absolute Gasteiger partial charge is 0.573 e. The van der Waals surface area contributed by atoms with Crippen molar-refractivity contribution in [2.24, 2.45) is 0 Å². The third kappa shape index (κ3) is 4.75. The number of ether oxygens (including phenoxy) is 1. The minimum Gasteiger partial charge on any atom is -0.406 e. The second kappa shape index (κ2) is 7.67. The minimum atomic E-state index is -4.90. The SMILES string of the molecule is CS(=O)(=O)c1ccc(-n2nc(C(F)F)cc2-c2ccc(OC(F)(F)F)cc2)cc1F. The molecule has 2 aromatic carbocycles. The van der Waals surface area contributed by atoms with E-state index in [9.17, 15) is 34.8 Å². The van der Waals surface area contributed by atoms with Gasteiger partial charge >= 0.3 is 6.36 Å². The highest BCUT2D eigenvalue weighted by Crippen LogP contribution is 2.31. The van der Waals surface area contributed by atoms with Gasteiger partial charge in [0.25, 0.3) is 6.43 Å². The number of nitrogens with zero attached hydrogens (tertiary/aromatic N) is 2. The monoisotopic (exact) mass is 450 g/mol. The van der Waals surface area contributed by atoms with Crippen molar-refractivity contribution in [3.05, 3.63) is 60.0 Å². The zero-order valence-corrected chi connectivity index (χ0v) is 15.8. The Labute approximate surface area is 166 Å². The highest BCUT2D eigenvalue weighted by molar-refractivity contribution is 7.90. The molecule has 3 aromatic rings. The molecule has 0 bridgehead atoms. The average molecular weight is 450 g/mol. The predicted molar refractivity (Wildman–Crippen MR) is 93.7 cm³/mol. The van der Waals surface area contributed by atoms with E-state index < -0.39 is 44.8 Å². The Morgan fingerprint density at radius 2 is 1.67 bits per heavy atom. The fraction of sp³-hybridized carbons (Fsp3) is 0.167. The summed E-state index contributed by atoms with van der Waals surface area (Å²) in [5.41, 5.74) is -0.502. The highest BCUT2D eigenvalue weighted by atomic mass is 32.2. The molecule has 0 atom stereocenters. The summed E-state index contributed by atoms with van der Waals surface area (Å²) in [4.78, 5) is -0.581. The molecule has 0 N–H and O–H groups in total. The lowest BCUT2D eigenvalue weighted by Crippen LogP contribution is -2.16. The Morgan fingerprint density at radius 3 is 2.17 bits per heavy atom. The topological polar surface area (TPSA) is 61.2 Å². The molecule has 0 aliphatic heterocycles. The van der Waals surface area contributed by atoms with Crippen molar-refractivity contribution in [2.45, 2.75) is 17.7 Å². The second-order valence-electron chi connectivity index (χ2n) is 6.13. The van der Waals surface area contributed by atoms with Crippen LogP contribution in [0.4, 0.5) is 26.3 Å². The molecule has 1 heterocycles. The van der Waals surface area contributed by atoms with Gasteiger partial charge in [-0.15, -0.1) is 13.2 Å². The van der Waals surface area contributed by atoms with Crippen molar-refractivity contribution in [1.82, 2.24) is 9.78 Å². The Hall–Kier alpha value is -3.02. The zero-order valence-electron chi connectivity index (χ0n) is 15.0. The molecule has 0 spiro atoms. The minimum absolute atomic E-state index is 0.0235. The number of alkyl halides is 5. The van der Waals surface area contributed by atoms with Crippen molar-refractivity contribution in [1.29, 1.82) is 0 Å². The van der Waals surface area contributed by atoms with Crippen molar-refractivity contribution in [2.75, 3.05) is 6.26 Å². The Kier molecular flexibility index (Phi) is 5.54. The number of aromatic nitrogens is 2. The lowest BCUT2D eigenvalue weighted by Gasteiger charge is -2.11. The summed E-state index contributed by atoms with van der Waals surface area (Å²) < 4.78 is 105. The number of benzene rings is 2. The summed E-state index contributed by atoms with van der Waals surface area (Å²) >= 11 is 0. The van der Waals surface area contributed by atoms with Gasteiger partial charge in [0.05, 0.1) is 11.4 Å². The van der Waals surface area contributed by atoms with Gasteiger partial charge in [-0.2, -0.15) is 5.10 Å². The summed E-state index contributed by atoms with van der Waals surface area (Å²) in [5, 5.41) is 3.71. The fourth-order valence-corrected chi connectivity index (χ4v) is 3.39. The third-order valence-electron chi connectivity index (χ3n) is 3.90. The molecule has 0 radical (unpaired) electrons. The summed E-state index contributed by atoms with van der Waals surface area (Å²) in [6.45, 7) is 0. The fourth-order valence-electron chi connectivity index (χ4n) is 2.66. The Morgan fingerprint density at radius 1 is 1.03 bits per heavy atom. The molecule has 0 aliphatic carbocycles. The molecule has 0 aliphatic rings. The van der Waals surface area contributed by atoms with E-state index in [0.717, 1.165) is 41.3 Å². The Balaban J connectivity index is 2.08. The van der Waals surface area contributed by atoms with Crippen LogP contribution in [0.15, 0.2) is 53.4 Å². The van der Waals surface area contributed by atoms with Gasteiger partial charge in [-0.05, 0) is 42.5 Å². The quantitative estimate of drug-likeness (QED) is 0.518. The molecule has 3 rings (SSSR count). The smallest absolute Gasteiger partial charge is 0.406 e. The van der Waals surface area contributed by atoms with Crippen LogP contribution in [0, 0.1) is 5.82 Å². The maximum absolute atomic E-state index is 14.3. The molecule has 30 heavy (non-hydrogen) atoms. The first-order valence-corrected chi connectivity index (χ1v) is 9.98. The first kappa shape index (κ1) is 21.7. The van der Waals surface area contributed by atoms with Crippen LogP contribution in [-0.4, -0.2) is 30.8 Å². The van der Waals surface area contributed by atoms with Crippen LogP contribution in [0.25, 0.3) is 16.9 Å². The van der Waals surface area contributed by atoms with E-state index in [-0.39, 0.29) is 16.9 Å². The normalized spacial score (nSPS) is 12.4. The van der Waals surface area contributed by atoms with Gasteiger partial charge in [0, 0.05) is 17.9 Å². The van der Waals surface area contributed by atoms with Crippen molar-refractivity contribution in [3.63, 3.8) is 0 Å². The van der Waals surface area contributed by atoms with Gasteiger partial charge in [-0.3, -0.25) is 0 Å². The van der Waals surface area contributed by atoms with E-state index in [0.29, 0.717) is 0 Å². The lowest BCUT2D eigenvalue weighted by molar-refractivity contribution is -0.274. The molecule has 12 heteroatoms. The number of rotatable bonds is 5. The molecule has 0 amide bonds. The van der Waals surface area contributed by atoms with Gasteiger partial charge in [0.1, 0.15) is 22.2 Å². The van der Waals surface area contributed by atoms with Crippen LogP contribution < -0.4 is 4.74 Å². The van der Waals surface area contributed by atoms with E-state index in [1.165, 1.54) is 18.2 Å². The maximum Gasteiger partial charge on any atom is 0.573 e. The molecule has 0 saturated heterocycles. The highest BCUT2D eigenvalue weighted by Gasteiger charge is 2.31. The number of halogens is 6. The molecule has 0 unspecified atom stereocenters. The van der Waals surface area contributed by atoms with Crippen molar-refractivity contribution in [3.8, 4) is 22.7 Å². The van der Waals surface area contributed by atoms with E-state index in [1.54, 1.807) is 0 Å². The number of hydrogen-bond acceptors (Lipinski definition) is 4. The molecular formula is C18H12F6N2O3S. The number of sulfone groups is 1. The maximum atomic E-state index is 14.3. The van der Waals surface area contributed by atoms with Gasteiger partial charge in [-0.25, -0.2) is 26.3 Å². The second-order valence-corrected chi connectivity index (χ2v) is 8.11. The first-order chi connectivity index (χ1) is 13.8. The first-order valence-electron chi connectivity index (χ1n) is 8.09. The summed E-state index contributed by atoms with van der Waals surface area (Å²) in [5.74, 6) is -1.63. The van der Waals surface area contributed by atoms with Gasteiger partial charge in [0.15, 0.2) is 9.84 Å². The lowest BCUT2D eigenvalue weighted by atomic mass is 10.1. The predicted octanol–water partition coefficient (Wildman–Crippen LogP) is 4.92.